The van der Waals surface area contributed by atoms with Crippen LogP contribution in [0.15, 0.2) is 77.9 Å². The fraction of sp³-hybridized carbons (Fsp3) is 0.681. The predicted octanol–water partition coefficient (Wildman–Crippen LogP) is 19.2. The molecule has 6 atom stereocenters. The van der Waals surface area contributed by atoms with E-state index in [1.807, 2.05) is 170 Å². The molecule has 694 valence electrons. The van der Waals surface area contributed by atoms with E-state index in [2.05, 4.69) is 38.6 Å². The van der Waals surface area contributed by atoms with Crippen LogP contribution in [0.1, 0.15) is 313 Å². The summed E-state index contributed by atoms with van der Waals surface area (Å²) in [5.41, 5.74) is 11.8. The molecule has 0 bridgehead atoms. The van der Waals surface area contributed by atoms with E-state index in [9.17, 15) is 28.8 Å². The van der Waals surface area contributed by atoms with E-state index in [0.29, 0.717) is 87.0 Å². The summed E-state index contributed by atoms with van der Waals surface area (Å²) >= 11 is 4.08. The number of hydrogen-bond acceptors (Lipinski definition) is 16. The van der Waals surface area contributed by atoms with Crippen LogP contribution in [0, 0.1) is 80.1 Å². The van der Waals surface area contributed by atoms with Crippen molar-refractivity contribution in [2.75, 3.05) is 25.4 Å². The van der Waals surface area contributed by atoms with Crippen LogP contribution in [0.4, 0.5) is 0 Å². The second-order valence-corrected chi connectivity index (χ2v) is 36.0. The van der Waals surface area contributed by atoms with Gasteiger partial charge in [0.15, 0.2) is 0 Å². The van der Waals surface area contributed by atoms with Gasteiger partial charge in [-0.3, -0.25) is 28.8 Å². The van der Waals surface area contributed by atoms with E-state index >= 15 is 0 Å². The Hall–Kier alpha value is -4.19. The largest absolute Gasteiger partial charge is 2.00 e. The van der Waals surface area contributed by atoms with Crippen LogP contribution in [-0.2, 0) is 137 Å². The summed E-state index contributed by atoms with van der Waals surface area (Å²) in [6.07, 6.45) is 35.1. The Morgan fingerprint density at radius 3 is 0.934 bits per heavy atom. The van der Waals surface area contributed by atoms with Crippen molar-refractivity contribution in [3.05, 3.63) is 144 Å². The third-order valence-corrected chi connectivity index (χ3v) is 24.8. The topological polar surface area (TPSA) is 281 Å². The molecule has 6 aliphatic carbocycles. The number of benzene rings is 3. The van der Waals surface area contributed by atoms with E-state index in [4.69, 9.17) is 48.0 Å². The molecule has 4 N–H and O–H groups in total. The van der Waals surface area contributed by atoms with Crippen molar-refractivity contribution in [3.8, 4) is 0 Å². The van der Waals surface area contributed by atoms with E-state index < -0.39 is 14.2 Å². The second-order valence-electron chi connectivity index (χ2n) is 35.6. The Kier molecular flexibility index (Phi) is 64.0. The number of ether oxygens (including phenoxy) is 2. The van der Waals surface area contributed by atoms with Gasteiger partial charge in [-0.25, -0.2) is 0 Å². The van der Waals surface area contributed by atoms with Crippen molar-refractivity contribution in [2.45, 2.75) is 349 Å². The standard InChI is InChI=1S/C25H38BNO5.C24H36BNO5S.C13H19BO3.C11H18N4O2.3C5H10.6CH3.3Fe/c1-6-7-22(28)27-16-20-9-8-19(14-20)15-23(29)30-17-18-10-12-21(13-11-18)26-31-24(2,3)25(4,5)32-26;1-23(2)24(3,4)31-25(30-23)20-9-7-17(8-10-20)16-29-22(28)14-18-5-6-19(13-18)15-26-21(27)11-12-32;1-12(2)13(3,4)17-14(16-12)11-7-5-10(9-15)6-8-11;1-2-3-10(16)13-7-8-4-5-9(6-8)11(17)14-15-12;3*1-2-4-5-3-1;;;;;;;;;/h10-13,19-20H,6-9,14-17H2,1-5H3,(H,27,28);7-10,18-19,32H,5-6,11-16H2,1-4H3,(H,26,27);5-8,15H,9H2,1-4H3;8-9H,2-7H2,1H3,(H,13,16);3*1-5H2;6*1H3;;;/q;;;;;;;6*-1;3*+2. The smallest absolute Gasteiger partial charge is 0.461 e. The number of nitrogens with one attached hydrogen (secondary N) is 3. The summed E-state index contributed by atoms with van der Waals surface area (Å²) in [7, 11) is -1.11. The van der Waals surface area contributed by atoms with Crippen molar-refractivity contribution in [2.24, 2.45) is 40.6 Å². The van der Waals surface area contributed by atoms with E-state index in [-0.39, 0.29) is 198 Å². The number of hydrogen-bond donors (Lipinski definition) is 5. The normalized spacial score (nSPS) is 21.7. The van der Waals surface area contributed by atoms with Gasteiger partial charge in [0, 0.05) is 62.6 Å². The molecule has 28 heteroatoms. The molecule has 3 aromatic rings. The molecule has 0 radical (unpaired) electrons. The number of carbonyl (C=O) groups is 6. The maximum atomic E-state index is 12.3. The molecule has 6 unspecified atom stereocenters. The second kappa shape index (κ2) is 62.9. The Bertz CT molecular complexity index is 3190. The molecule has 4 amide bonds. The molecule has 12 rings (SSSR count). The zero-order chi connectivity index (χ0) is 82.7. The summed E-state index contributed by atoms with van der Waals surface area (Å²) in [6.45, 7) is 31.0. The molecule has 3 saturated heterocycles. The predicted molar refractivity (Wildman–Crippen MR) is 493 cm³/mol. The average molecular weight is 1850 g/mol. The number of amides is 4. The number of azide groups is 1. The molecule has 3 aliphatic heterocycles. The molecule has 3 aromatic carbocycles. The number of aliphatic hydroxyl groups is 1. The van der Waals surface area contributed by atoms with Gasteiger partial charge < -0.3 is 103 Å². The van der Waals surface area contributed by atoms with Gasteiger partial charge in [0.2, 0.25) is 23.6 Å². The minimum atomic E-state index is -0.394. The monoisotopic (exact) mass is 1840 g/mol. The van der Waals surface area contributed by atoms with Crippen molar-refractivity contribution in [1.82, 2.24) is 16.0 Å². The molecule has 3 heterocycles. The Morgan fingerprint density at radius 1 is 0.418 bits per heavy atom. The Balaban J connectivity index is -0.000000718. The SMILES string of the molecule is C1CCCC1.C1CCCC1.C1CCCC1.CC1(C)OB(c2ccc(CO)cc2)OC1(C)C.CC1(C)OB(c2ccc(COC(=O)CC3CCC(CNC(=O)CCS)C3)cc2)OC1(C)C.CCCC(=O)NCC1CCC(C(=O)N=[N+]=[N-])C1.CCCC(=O)NCC1CCC(CC(=O)OCc2ccc(B3OC(C)(C)C(C)(C)O3)cc2)C1.[CH3-].[CH3-].[CH3-].[CH3-].[CH3-].[CH3-].[Fe+2].[Fe+2].[Fe+2]. The number of carbonyl (C=O) groups excluding carboxylic acids is 6. The zero-order valence-corrected chi connectivity index (χ0v) is 82.7. The first kappa shape index (κ1) is 124. The third-order valence-electron chi connectivity index (χ3n) is 24.5. The van der Waals surface area contributed by atoms with Gasteiger partial charge in [0.05, 0.1) is 40.2 Å². The number of aliphatic hydroxyl groups excluding tert-OH is 1. The summed E-state index contributed by atoms with van der Waals surface area (Å²) in [6, 6.07) is 23.3. The first-order valence-corrected chi connectivity index (χ1v) is 43.6. The van der Waals surface area contributed by atoms with Crippen molar-refractivity contribution >= 4 is 85.9 Å². The van der Waals surface area contributed by atoms with Crippen molar-refractivity contribution in [1.29, 1.82) is 0 Å². The number of esters is 2. The fourth-order valence-corrected chi connectivity index (χ4v) is 15.3. The van der Waals surface area contributed by atoms with Crippen LogP contribution in [0.25, 0.3) is 10.4 Å². The summed E-state index contributed by atoms with van der Waals surface area (Å²) in [4.78, 5) is 72.9. The minimum absolute atomic E-state index is 0. The molecule has 0 spiro atoms. The molecule has 122 heavy (non-hydrogen) atoms. The molecular formula is C94H159B3Fe3N6O15S. The van der Waals surface area contributed by atoms with Gasteiger partial charge in [0.25, 0.3) is 0 Å². The zero-order valence-electron chi connectivity index (χ0n) is 78.5. The summed E-state index contributed by atoms with van der Waals surface area (Å²) in [5.74, 6) is 1.89. The van der Waals surface area contributed by atoms with E-state index in [1.54, 1.807) is 0 Å². The van der Waals surface area contributed by atoms with Gasteiger partial charge in [-0.05, 0) is 233 Å². The minimum Gasteiger partial charge on any atom is -0.461 e. The fourth-order valence-electron chi connectivity index (χ4n) is 15.1. The van der Waals surface area contributed by atoms with Crippen LogP contribution in [-0.4, -0.2) is 121 Å². The van der Waals surface area contributed by atoms with Gasteiger partial charge >= 0.3 is 84.5 Å². The quantitative estimate of drug-likeness (QED) is 0.0100. The molecule has 21 nitrogen and oxygen atoms in total. The van der Waals surface area contributed by atoms with Gasteiger partial charge in [-0.1, -0.05) is 183 Å². The van der Waals surface area contributed by atoms with Crippen molar-refractivity contribution < 1.29 is 122 Å². The van der Waals surface area contributed by atoms with Crippen LogP contribution in [0.3, 0.4) is 0 Å². The number of nitrogens with zero attached hydrogens (tertiary/aromatic N) is 3. The first-order valence-electron chi connectivity index (χ1n) is 43.0. The average Bonchev–Trinajstić information content (AvgIpc) is 1.64. The van der Waals surface area contributed by atoms with Gasteiger partial charge in [-0.2, -0.15) is 12.6 Å². The number of thiol groups is 1. The molecular weight excluding hydrogens is 1690 g/mol. The maximum Gasteiger partial charge on any atom is 2.00 e. The molecule has 0 aromatic heterocycles. The maximum absolute atomic E-state index is 12.3. The first-order chi connectivity index (χ1) is 53.7. The number of rotatable bonds is 25. The van der Waals surface area contributed by atoms with Crippen LogP contribution < -0.4 is 32.3 Å². The molecule has 9 fully saturated rings. The Morgan fingerprint density at radius 2 is 0.672 bits per heavy atom. The van der Waals surface area contributed by atoms with E-state index in [1.165, 1.54) is 96.3 Å². The van der Waals surface area contributed by atoms with Gasteiger partial charge in [0.1, 0.15) is 13.2 Å². The summed E-state index contributed by atoms with van der Waals surface area (Å²) < 4.78 is 47.2. The van der Waals surface area contributed by atoms with Gasteiger partial charge in [-0.15, -0.1) is 0 Å². The van der Waals surface area contributed by atoms with E-state index in [0.717, 1.165) is 104 Å². The van der Waals surface area contributed by atoms with Crippen molar-refractivity contribution in [3.63, 3.8) is 0 Å². The van der Waals surface area contributed by atoms with Crippen LogP contribution in [0.2, 0.25) is 0 Å². The Labute approximate surface area is 778 Å². The molecule has 6 saturated carbocycles. The summed E-state index contributed by atoms with van der Waals surface area (Å²) in [5, 5.41) is 20.9. The molecule has 9 aliphatic rings. The van der Waals surface area contributed by atoms with Crippen LogP contribution >= 0.6 is 12.6 Å². The third kappa shape index (κ3) is 43.3. The van der Waals surface area contributed by atoms with Crippen LogP contribution in [0.5, 0.6) is 0 Å².